The third kappa shape index (κ3) is 3.98. The summed E-state index contributed by atoms with van der Waals surface area (Å²) in [5, 5.41) is -0.631. The minimum atomic E-state index is -2.67. The van der Waals surface area contributed by atoms with E-state index < -0.39 is 11.1 Å². The predicted molar refractivity (Wildman–Crippen MR) is 96.6 cm³/mol. The Morgan fingerprint density at radius 1 is 1.17 bits per heavy atom. The molecule has 0 bridgehead atoms. The Hall–Kier alpha value is -0.430. The number of imide groups is 1. The summed E-state index contributed by atoms with van der Waals surface area (Å²) in [5.41, 5.74) is -1.91. The monoisotopic (exact) mass is 393 g/mol. The van der Waals surface area contributed by atoms with E-state index >= 15 is 0 Å². The lowest BCUT2D eigenvalue weighted by atomic mass is 10.1. The van der Waals surface area contributed by atoms with Gasteiger partial charge >= 0.3 is 0 Å². The molecule has 1 aromatic carbocycles. The van der Waals surface area contributed by atoms with Gasteiger partial charge in [0.1, 0.15) is 5.37 Å². The first kappa shape index (κ1) is 18.9. The Bertz CT molecular complexity index is 612. The first-order valence-electron chi connectivity index (χ1n) is 7.07. The van der Waals surface area contributed by atoms with Crippen LogP contribution in [-0.2, 0) is 20.9 Å². The number of hydrogen-bond acceptors (Lipinski definition) is 6. The molecule has 1 aliphatic rings. The van der Waals surface area contributed by atoms with E-state index in [-0.39, 0.29) is 17.7 Å². The van der Waals surface area contributed by atoms with Crippen molar-refractivity contribution in [3.8, 4) is 0 Å². The van der Waals surface area contributed by atoms with Crippen LogP contribution in [0.1, 0.15) is 34.6 Å². The summed E-state index contributed by atoms with van der Waals surface area (Å²) >= 11 is 12.6. The average molecular weight is 394 g/mol. The molecule has 1 aliphatic heterocycles. The molecule has 0 radical (unpaired) electrons. The highest BCUT2D eigenvalue weighted by atomic mass is 35.5. The molecule has 5 nitrogen and oxygen atoms in total. The smallest absolute Gasteiger partial charge is 0.262 e. The van der Waals surface area contributed by atoms with Gasteiger partial charge in [-0.05, 0) is 49.2 Å². The van der Waals surface area contributed by atoms with Gasteiger partial charge in [-0.25, -0.2) is 0 Å². The zero-order chi connectivity index (χ0) is 17.0. The first-order chi connectivity index (χ1) is 11.0. The quantitative estimate of drug-likeness (QED) is 0.379. The molecular weight excluding hydrogens is 377 g/mol. The molecule has 2 amide bonds. The third-order valence-corrected chi connectivity index (χ3v) is 9.12. The Kier molecular flexibility index (Phi) is 6.66. The van der Waals surface area contributed by atoms with Crippen LogP contribution in [0.3, 0.4) is 0 Å². The van der Waals surface area contributed by atoms with Crippen LogP contribution in [0.4, 0.5) is 0 Å². The zero-order valence-electron chi connectivity index (χ0n) is 12.7. The standard InChI is InChI=1S/C14H17ClNO4PS2/c1-3-19-21(22,20-4-2)23-12(9-15)16-13(17)10-7-5-6-8-11(10)14(16)18/h5-8,12H,3-4,9H2,1-2H3/t12-/m1/s1. The molecule has 2 rings (SSSR count). The van der Waals surface area contributed by atoms with Gasteiger partial charge in [0.15, 0.2) is 0 Å². The number of hydrogen-bond donors (Lipinski definition) is 0. The number of benzene rings is 1. The van der Waals surface area contributed by atoms with Gasteiger partial charge in [-0.3, -0.25) is 14.5 Å². The van der Waals surface area contributed by atoms with Crippen molar-refractivity contribution >= 4 is 52.3 Å². The Balaban J connectivity index is 2.27. The van der Waals surface area contributed by atoms with Crippen LogP contribution < -0.4 is 0 Å². The summed E-state index contributed by atoms with van der Waals surface area (Å²) in [6.07, 6.45) is 0. The largest absolute Gasteiger partial charge is 0.322 e. The SMILES string of the molecule is CCOP(=S)(OCC)S[C@H](CCl)N1C(=O)c2ccccc2C1=O. The molecule has 0 saturated carbocycles. The molecule has 0 saturated heterocycles. The van der Waals surface area contributed by atoms with Crippen molar-refractivity contribution in [1.29, 1.82) is 0 Å². The summed E-state index contributed by atoms with van der Waals surface area (Å²) in [5.74, 6) is -0.675. The minimum absolute atomic E-state index is 0.0503. The third-order valence-electron chi connectivity index (χ3n) is 3.07. The van der Waals surface area contributed by atoms with Gasteiger partial charge in [0.25, 0.3) is 11.8 Å². The van der Waals surface area contributed by atoms with Crippen LogP contribution in [0.2, 0.25) is 0 Å². The van der Waals surface area contributed by atoms with Crippen molar-refractivity contribution < 1.29 is 18.6 Å². The first-order valence-corrected chi connectivity index (χ1v) is 11.7. The van der Waals surface area contributed by atoms with Crippen LogP contribution in [0, 0.1) is 0 Å². The molecule has 0 N–H and O–H groups in total. The Morgan fingerprint density at radius 2 is 1.65 bits per heavy atom. The summed E-state index contributed by atoms with van der Waals surface area (Å²) in [6, 6.07) is 6.71. The van der Waals surface area contributed by atoms with Gasteiger partial charge < -0.3 is 9.05 Å². The van der Waals surface area contributed by atoms with Crippen LogP contribution >= 0.6 is 28.7 Å². The van der Waals surface area contributed by atoms with E-state index in [4.69, 9.17) is 32.5 Å². The van der Waals surface area contributed by atoms with E-state index in [1.54, 1.807) is 24.3 Å². The highest BCUT2D eigenvalue weighted by Gasteiger charge is 2.42. The highest BCUT2D eigenvalue weighted by molar-refractivity contribution is 8.68. The fourth-order valence-electron chi connectivity index (χ4n) is 2.18. The van der Waals surface area contributed by atoms with Crippen molar-refractivity contribution in [2.75, 3.05) is 19.1 Å². The lowest BCUT2D eigenvalue weighted by Crippen LogP contribution is -2.39. The van der Waals surface area contributed by atoms with E-state index in [9.17, 15) is 9.59 Å². The maximum atomic E-state index is 12.5. The molecule has 0 unspecified atom stereocenters. The topological polar surface area (TPSA) is 55.8 Å². The molecule has 1 atom stereocenters. The number of amides is 2. The Morgan fingerprint density at radius 3 is 2.04 bits per heavy atom. The summed E-state index contributed by atoms with van der Waals surface area (Å²) in [4.78, 5) is 26.2. The van der Waals surface area contributed by atoms with Crippen molar-refractivity contribution in [3.63, 3.8) is 0 Å². The summed E-state index contributed by atoms with van der Waals surface area (Å²) in [6.45, 7) is 4.42. The van der Waals surface area contributed by atoms with Crippen molar-refractivity contribution in [2.24, 2.45) is 0 Å². The lowest BCUT2D eigenvalue weighted by Gasteiger charge is -2.29. The number of carbonyl (C=O) groups excluding carboxylic acids is 2. The molecule has 0 spiro atoms. The second-order valence-corrected chi connectivity index (χ2v) is 11.2. The number of nitrogens with zero attached hydrogens (tertiary/aromatic N) is 1. The average Bonchev–Trinajstić information content (AvgIpc) is 2.78. The van der Waals surface area contributed by atoms with Crippen LogP contribution in [0.5, 0.6) is 0 Å². The fraction of sp³-hybridized carbons (Fsp3) is 0.429. The van der Waals surface area contributed by atoms with Crippen molar-refractivity contribution in [3.05, 3.63) is 35.4 Å². The van der Waals surface area contributed by atoms with E-state index in [0.29, 0.717) is 24.3 Å². The van der Waals surface area contributed by atoms with E-state index in [2.05, 4.69) is 0 Å². The number of halogens is 1. The van der Waals surface area contributed by atoms with Gasteiger partial charge in [0.2, 0.25) is 5.69 Å². The molecule has 0 aromatic heterocycles. The minimum Gasteiger partial charge on any atom is -0.322 e. The second-order valence-electron chi connectivity index (χ2n) is 4.52. The van der Waals surface area contributed by atoms with Crippen LogP contribution in [0.25, 0.3) is 0 Å². The molecule has 0 fully saturated rings. The molecule has 1 aromatic rings. The van der Waals surface area contributed by atoms with Crippen LogP contribution in [0.15, 0.2) is 24.3 Å². The second kappa shape index (κ2) is 8.10. The van der Waals surface area contributed by atoms with Gasteiger partial charge in [-0.1, -0.05) is 12.1 Å². The molecule has 0 aliphatic carbocycles. The molecule has 126 valence electrons. The van der Waals surface area contributed by atoms with E-state index in [1.165, 1.54) is 0 Å². The van der Waals surface area contributed by atoms with Gasteiger partial charge in [0, 0.05) is 0 Å². The normalized spacial score (nSPS) is 15.9. The fourth-order valence-corrected chi connectivity index (χ4v) is 8.16. The summed E-state index contributed by atoms with van der Waals surface area (Å²) < 4.78 is 11.1. The lowest BCUT2D eigenvalue weighted by molar-refractivity contribution is 0.0648. The number of alkyl halides is 1. The predicted octanol–water partition coefficient (Wildman–Crippen LogP) is 3.88. The van der Waals surface area contributed by atoms with E-state index in [0.717, 1.165) is 16.3 Å². The molecular formula is C14H17ClNO4PS2. The number of carbonyl (C=O) groups is 2. The van der Waals surface area contributed by atoms with Crippen molar-refractivity contribution in [1.82, 2.24) is 4.90 Å². The maximum Gasteiger partial charge on any atom is 0.262 e. The highest BCUT2D eigenvalue weighted by Crippen LogP contribution is 2.63. The molecule has 23 heavy (non-hydrogen) atoms. The van der Waals surface area contributed by atoms with Gasteiger partial charge in [-0.15, -0.1) is 11.6 Å². The van der Waals surface area contributed by atoms with E-state index in [1.807, 2.05) is 13.8 Å². The Labute approximate surface area is 149 Å². The summed E-state index contributed by atoms with van der Waals surface area (Å²) in [7, 11) is 0. The van der Waals surface area contributed by atoms with Crippen LogP contribution in [-0.4, -0.2) is 41.2 Å². The van der Waals surface area contributed by atoms with Gasteiger partial charge in [0.05, 0.1) is 30.2 Å². The number of fused-ring (bicyclic) bond motifs is 1. The molecule has 9 heteroatoms. The van der Waals surface area contributed by atoms with Crippen molar-refractivity contribution in [2.45, 2.75) is 19.2 Å². The maximum absolute atomic E-state index is 12.5. The molecule has 1 heterocycles. The zero-order valence-corrected chi connectivity index (χ0v) is 16.0. The van der Waals surface area contributed by atoms with Gasteiger partial charge in [-0.2, -0.15) is 0 Å². The number of rotatable bonds is 8.